The molecule has 0 aromatic heterocycles. The molecule has 0 saturated carbocycles. The van der Waals surface area contributed by atoms with Crippen molar-refractivity contribution in [2.75, 3.05) is 0 Å². The number of nitrogens with one attached hydrogen (secondary N) is 1. The van der Waals surface area contributed by atoms with Crippen molar-refractivity contribution in [1.29, 1.82) is 0 Å². The first-order valence-electron chi connectivity index (χ1n) is 7.01. The van der Waals surface area contributed by atoms with Crippen molar-refractivity contribution in [1.82, 2.24) is 5.32 Å². The molecule has 2 aromatic carbocycles. The lowest BCUT2D eigenvalue weighted by Crippen LogP contribution is -2.46. The second kappa shape index (κ2) is 7.49. The molecular weight excluding hydrogens is 302 g/mol. The van der Waals surface area contributed by atoms with Gasteiger partial charge in [-0.1, -0.05) is 24.3 Å². The van der Waals surface area contributed by atoms with Crippen LogP contribution in [0.25, 0.3) is 0 Å². The number of carbonyl (C=O) groups is 2. The van der Waals surface area contributed by atoms with Gasteiger partial charge in [-0.15, -0.1) is 0 Å². The maximum Gasteiger partial charge on any atom is 0.240 e. The van der Waals surface area contributed by atoms with Crippen molar-refractivity contribution in [3.05, 3.63) is 71.3 Å². The summed E-state index contributed by atoms with van der Waals surface area (Å²) in [5.74, 6) is -1.85. The van der Waals surface area contributed by atoms with Crippen LogP contribution < -0.4 is 11.1 Å². The van der Waals surface area contributed by atoms with Crippen molar-refractivity contribution >= 4 is 11.8 Å². The van der Waals surface area contributed by atoms with Gasteiger partial charge in [-0.3, -0.25) is 9.59 Å². The monoisotopic (exact) mass is 318 g/mol. The SMILES string of the molecule is NC(=O)[C@H](Cc1ccc(F)cc1)NC(=O)Cc1ccc(F)cc1. The van der Waals surface area contributed by atoms with E-state index in [-0.39, 0.29) is 24.5 Å². The van der Waals surface area contributed by atoms with Gasteiger partial charge >= 0.3 is 0 Å². The van der Waals surface area contributed by atoms with Gasteiger partial charge in [-0.25, -0.2) is 8.78 Å². The summed E-state index contributed by atoms with van der Waals surface area (Å²) in [4.78, 5) is 23.5. The summed E-state index contributed by atoms with van der Waals surface area (Å²) in [6.07, 6.45) is 0.179. The maximum atomic E-state index is 12.9. The Hall–Kier alpha value is -2.76. The highest BCUT2D eigenvalue weighted by Gasteiger charge is 2.18. The molecule has 0 saturated heterocycles. The summed E-state index contributed by atoms with van der Waals surface area (Å²) in [7, 11) is 0. The standard InChI is InChI=1S/C17H16F2N2O2/c18-13-5-1-11(2-6-13)9-15(17(20)23)21-16(22)10-12-3-7-14(19)8-4-12/h1-8,15H,9-10H2,(H2,20,23)(H,21,22)/t15-/m0/s1. The number of benzene rings is 2. The Balaban J connectivity index is 1.98. The summed E-state index contributed by atoms with van der Waals surface area (Å²) >= 11 is 0. The van der Waals surface area contributed by atoms with Crippen molar-refractivity contribution in [3.63, 3.8) is 0 Å². The van der Waals surface area contributed by atoms with Gasteiger partial charge in [0.05, 0.1) is 6.42 Å². The summed E-state index contributed by atoms with van der Waals surface area (Å²) in [5.41, 5.74) is 6.60. The van der Waals surface area contributed by atoms with Gasteiger partial charge in [-0.05, 0) is 35.4 Å². The van der Waals surface area contributed by atoms with Gasteiger partial charge in [0.25, 0.3) is 0 Å². The minimum Gasteiger partial charge on any atom is -0.368 e. The van der Waals surface area contributed by atoms with Gasteiger partial charge in [-0.2, -0.15) is 0 Å². The lowest BCUT2D eigenvalue weighted by atomic mass is 10.0. The lowest BCUT2D eigenvalue weighted by molar-refractivity contribution is -0.127. The highest BCUT2D eigenvalue weighted by atomic mass is 19.1. The third-order valence-corrected chi connectivity index (χ3v) is 3.31. The Morgan fingerprint density at radius 3 is 1.87 bits per heavy atom. The van der Waals surface area contributed by atoms with E-state index in [0.29, 0.717) is 11.1 Å². The molecule has 0 radical (unpaired) electrons. The quantitative estimate of drug-likeness (QED) is 0.851. The second-order valence-electron chi connectivity index (χ2n) is 5.16. The zero-order chi connectivity index (χ0) is 16.8. The molecule has 120 valence electrons. The molecule has 6 heteroatoms. The van der Waals surface area contributed by atoms with Crippen LogP contribution in [-0.4, -0.2) is 17.9 Å². The molecule has 0 spiro atoms. The average molecular weight is 318 g/mol. The molecule has 0 fully saturated rings. The summed E-state index contributed by atoms with van der Waals surface area (Å²) in [6, 6.07) is 10.2. The number of primary amides is 1. The second-order valence-corrected chi connectivity index (χ2v) is 5.16. The minimum absolute atomic E-state index is 0.00742. The topological polar surface area (TPSA) is 72.2 Å². The highest BCUT2D eigenvalue weighted by Crippen LogP contribution is 2.07. The number of hydrogen-bond acceptors (Lipinski definition) is 2. The summed E-state index contributed by atoms with van der Waals surface area (Å²) in [6.45, 7) is 0. The highest BCUT2D eigenvalue weighted by molar-refractivity contribution is 5.87. The minimum atomic E-state index is -0.895. The Labute approximate surface area is 132 Å². The van der Waals surface area contributed by atoms with Crippen molar-refractivity contribution in [2.45, 2.75) is 18.9 Å². The fourth-order valence-corrected chi connectivity index (χ4v) is 2.11. The number of carbonyl (C=O) groups excluding carboxylic acids is 2. The zero-order valence-corrected chi connectivity index (χ0v) is 12.3. The summed E-state index contributed by atoms with van der Waals surface area (Å²) < 4.78 is 25.7. The first kappa shape index (κ1) is 16.6. The fraction of sp³-hybridized carbons (Fsp3) is 0.176. The molecule has 3 N–H and O–H groups in total. The molecule has 23 heavy (non-hydrogen) atoms. The first-order chi connectivity index (χ1) is 10.9. The van der Waals surface area contributed by atoms with Crippen molar-refractivity contribution in [3.8, 4) is 0 Å². The number of hydrogen-bond donors (Lipinski definition) is 2. The van der Waals surface area contributed by atoms with Crippen LogP contribution >= 0.6 is 0 Å². The van der Waals surface area contributed by atoms with Crippen LogP contribution in [0.4, 0.5) is 8.78 Å². The Kier molecular flexibility index (Phi) is 5.41. The van der Waals surface area contributed by atoms with Crippen LogP contribution in [0.5, 0.6) is 0 Å². The van der Waals surface area contributed by atoms with E-state index < -0.39 is 17.9 Å². The Bertz CT molecular complexity index is 685. The zero-order valence-electron chi connectivity index (χ0n) is 12.3. The molecule has 2 aromatic rings. The van der Waals surface area contributed by atoms with Crippen molar-refractivity contribution in [2.24, 2.45) is 5.73 Å². The molecule has 0 heterocycles. The molecule has 0 unspecified atom stereocenters. The normalized spacial score (nSPS) is 11.7. The molecule has 1 atom stereocenters. The van der Waals surface area contributed by atoms with E-state index in [9.17, 15) is 18.4 Å². The van der Waals surface area contributed by atoms with E-state index in [1.165, 1.54) is 48.5 Å². The van der Waals surface area contributed by atoms with Crippen LogP contribution in [-0.2, 0) is 22.4 Å². The molecule has 0 aliphatic carbocycles. The Morgan fingerprint density at radius 2 is 1.39 bits per heavy atom. The third kappa shape index (κ3) is 5.18. The average Bonchev–Trinajstić information content (AvgIpc) is 2.51. The van der Waals surface area contributed by atoms with Crippen LogP contribution in [0, 0.1) is 11.6 Å². The van der Waals surface area contributed by atoms with E-state index in [1.54, 1.807) is 0 Å². The Morgan fingerprint density at radius 1 is 0.913 bits per heavy atom. The molecule has 2 rings (SSSR count). The van der Waals surface area contributed by atoms with Gasteiger partial charge in [0.2, 0.25) is 11.8 Å². The van der Waals surface area contributed by atoms with Crippen LogP contribution in [0.1, 0.15) is 11.1 Å². The van der Waals surface area contributed by atoms with E-state index >= 15 is 0 Å². The van der Waals surface area contributed by atoms with E-state index in [0.717, 1.165) is 0 Å². The lowest BCUT2D eigenvalue weighted by Gasteiger charge is -2.15. The number of amides is 2. The predicted molar refractivity (Wildman–Crippen MR) is 81.3 cm³/mol. The molecule has 2 amide bonds. The molecular formula is C17H16F2N2O2. The molecule has 0 aliphatic heterocycles. The van der Waals surface area contributed by atoms with Crippen LogP contribution in [0.2, 0.25) is 0 Å². The summed E-state index contributed by atoms with van der Waals surface area (Å²) in [5, 5.41) is 2.54. The van der Waals surface area contributed by atoms with E-state index in [4.69, 9.17) is 5.73 Å². The number of halogens is 2. The predicted octanol–water partition coefficient (Wildman–Crippen LogP) is 1.72. The number of nitrogens with two attached hydrogens (primary N) is 1. The van der Waals surface area contributed by atoms with Crippen molar-refractivity contribution < 1.29 is 18.4 Å². The van der Waals surface area contributed by atoms with Gasteiger partial charge in [0.15, 0.2) is 0 Å². The van der Waals surface area contributed by atoms with Gasteiger partial charge < -0.3 is 11.1 Å². The van der Waals surface area contributed by atoms with Crippen LogP contribution in [0.15, 0.2) is 48.5 Å². The van der Waals surface area contributed by atoms with Crippen LogP contribution in [0.3, 0.4) is 0 Å². The van der Waals surface area contributed by atoms with Gasteiger partial charge in [0, 0.05) is 6.42 Å². The fourth-order valence-electron chi connectivity index (χ4n) is 2.11. The smallest absolute Gasteiger partial charge is 0.240 e. The van der Waals surface area contributed by atoms with E-state index in [2.05, 4.69) is 5.32 Å². The molecule has 4 nitrogen and oxygen atoms in total. The van der Waals surface area contributed by atoms with E-state index in [1.807, 2.05) is 0 Å². The first-order valence-corrected chi connectivity index (χ1v) is 7.01. The largest absolute Gasteiger partial charge is 0.368 e. The number of rotatable bonds is 6. The molecule has 0 bridgehead atoms. The third-order valence-electron chi connectivity index (χ3n) is 3.31. The van der Waals surface area contributed by atoms with Gasteiger partial charge in [0.1, 0.15) is 17.7 Å². The maximum absolute atomic E-state index is 12.9. The molecule has 0 aliphatic rings.